The average Bonchev–Trinajstić information content (AvgIpc) is 2.49. The minimum Gasteiger partial charge on any atom is -0.312 e. The topological polar surface area (TPSA) is 12.0 Å². The lowest BCUT2D eigenvalue weighted by molar-refractivity contribution is 0.479. The molecule has 0 saturated heterocycles. The van der Waals surface area contributed by atoms with Gasteiger partial charge in [0, 0.05) is 26.7 Å². The number of halogens is 3. The second-order valence-corrected chi connectivity index (χ2v) is 6.71. The molecular weight excluding hydrogens is 356 g/mol. The number of rotatable bonds is 5. The van der Waals surface area contributed by atoms with E-state index in [9.17, 15) is 8.78 Å². The van der Waals surface area contributed by atoms with Crippen LogP contribution >= 0.6 is 27.7 Å². The molecule has 2 aromatic carbocycles. The molecule has 0 aliphatic rings. The third-order valence-electron chi connectivity index (χ3n) is 3.26. The molecule has 0 aliphatic heterocycles. The summed E-state index contributed by atoms with van der Waals surface area (Å²) in [5.41, 5.74) is 0.692. The van der Waals surface area contributed by atoms with Crippen LogP contribution < -0.4 is 5.32 Å². The van der Waals surface area contributed by atoms with E-state index in [-0.39, 0.29) is 6.04 Å². The molecule has 0 bridgehead atoms. The minimum absolute atomic E-state index is 0.242. The number of benzene rings is 2. The van der Waals surface area contributed by atoms with Crippen molar-refractivity contribution >= 4 is 27.7 Å². The zero-order valence-corrected chi connectivity index (χ0v) is 14.2. The van der Waals surface area contributed by atoms with E-state index >= 15 is 0 Å². The molecule has 21 heavy (non-hydrogen) atoms. The smallest absolute Gasteiger partial charge is 0.163 e. The molecule has 5 heteroatoms. The first kappa shape index (κ1) is 16.5. The van der Waals surface area contributed by atoms with Crippen molar-refractivity contribution in [2.24, 2.45) is 0 Å². The van der Waals surface area contributed by atoms with Crippen LogP contribution in [0.15, 0.2) is 45.8 Å². The summed E-state index contributed by atoms with van der Waals surface area (Å²) in [6.45, 7) is 1.56. The van der Waals surface area contributed by atoms with Crippen LogP contribution in [0.2, 0.25) is 0 Å². The number of nitrogens with one attached hydrogen (secondary N) is 1. The summed E-state index contributed by atoms with van der Waals surface area (Å²) in [6, 6.07) is 10.9. The van der Waals surface area contributed by atoms with Gasteiger partial charge in [-0.1, -0.05) is 28.1 Å². The van der Waals surface area contributed by atoms with Gasteiger partial charge in [0.05, 0.1) is 0 Å². The van der Waals surface area contributed by atoms with Gasteiger partial charge in [-0.25, -0.2) is 8.78 Å². The van der Waals surface area contributed by atoms with E-state index in [0.29, 0.717) is 16.9 Å². The Morgan fingerprint density at radius 2 is 1.76 bits per heavy atom. The van der Waals surface area contributed by atoms with Crippen LogP contribution in [0.4, 0.5) is 8.78 Å². The molecular formula is C16H16BrF2NS. The predicted molar refractivity (Wildman–Crippen MR) is 87.8 cm³/mol. The van der Waals surface area contributed by atoms with Crippen LogP contribution in [0.1, 0.15) is 17.2 Å². The Labute approximate surface area is 136 Å². The van der Waals surface area contributed by atoms with Crippen LogP contribution in [-0.2, 0) is 0 Å². The predicted octanol–water partition coefficient (Wildman–Crippen LogP) is 5.09. The zero-order valence-electron chi connectivity index (χ0n) is 11.8. The molecule has 0 saturated carbocycles. The Bertz CT molecular complexity index is 616. The maximum absolute atomic E-state index is 14.0. The minimum atomic E-state index is -0.763. The van der Waals surface area contributed by atoms with E-state index in [1.807, 2.05) is 24.3 Å². The summed E-state index contributed by atoms with van der Waals surface area (Å²) in [7, 11) is 1.75. The summed E-state index contributed by atoms with van der Waals surface area (Å²) in [5, 5.41) is 3.05. The van der Waals surface area contributed by atoms with Crippen LogP contribution in [-0.4, -0.2) is 12.8 Å². The largest absolute Gasteiger partial charge is 0.312 e. The molecule has 112 valence electrons. The van der Waals surface area contributed by atoms with Gasteiger partial charge in [0.15, 0.2) is 11.6 Å². The van der Waals surface area contributed by atoms with Gasteiger partial charge in [-0.2, -0.15) is 0 Å². The van der Waals surface area contributed by atoms with Crippen LogP contribution in [0.5, 0.6) is 0 Å². The van der Waals surface area contributed by atoms with Crippen molar-refractivity contribution in [1.82, 2.24) is 5.32 Å². The van der Waals surface area contributed by atoms with Gasteiger partial charge in [0.25, 0.3) is 0 Å². The lowest BCUT2D eigenvalue weighted by Crippen LogP contribution is -2.20. The SMILES string of the molecule is CNC(CSc1ccc(Br)cc1)c1ccc(C)c(F)c1F. The molecule has 0 fully saturated rings. The molecule has 0 amide bonds. The first-order chi connectivity index (χ1) is 10.0. The van der Waals surface area contributed by atoms with Crippen molar-refractivity contribution < 1.29 is 8.78 Å². The van der Waals surface area contributed by atoms with Crippen LogP contribution in [0.25, 0.3) is 0 Å². The third kappa shape index (κ3) is 4.05. The molecule has 2 rings (SSSR count). The highest BCUT2D eigenvalue weighted by molar-refractivity contribution is 9.10. The second kappa shape index (κ2) is 7.38. The highest BCUT2D eigenvalue weighted by Gasteiger charge is 2.18. The van der Waals surface area contributed by atoms with E-state index in [2.05, 4.69) is 21.2 Å². The molecule has 2 aromatic rings. The van der Waals surface area contributed by atoms with Gasteiger partial charge in [-0.15, -0.1) is 11.8 Å². The Kier molecular flexibility index (Phi) is 5.79. The molecule has 0 aliphatic carbocycles. The molecule has 0 spiro atoms. The van der Waals surface area contributed by atoms with Crippen LogP contribution in [0, 0.1) is 18.6 Å². The highest BCUT2D eigenvalue weighted by Crippen LogP contribution is 2.28. The molecule has 0 aromatic heterocycles. The average molecular weight is 372 g/mol. The maximum Gasteiger partial charge on any atom is 0.163 e. The Balaban J connectivity index is 2.13. The van der Waals surface area contributed by atoms with Crippen molar-refractivity contribution in [3.63, 3.8) is 0 Å². The van der Waals surface area contributed by atoms with E-state index in [0.717, 1.165) is 9.37 Å². The third-order valence-corrected chi connectivity index (χ3v) is 4.89. The highest BCUT2D eigenvalue weighted by atomic mass is 79.9. The fraction of sp³-hybridized carbons (Fsp3) is 0.250. The van der Waals surface area contributed by atoms with Crippen molar-refractivity contribution in [3.8, 4) is 0 Å². The summed E-state index contributed by atoms with van der Waals surface area (Å²) in [6.07, 6.45) is 0. The van der Waals surface area contributed by atoms with Gasteiger partial charge in [0.1, 0.15) is 0 Å². The molecule has 1 atom stereocenters. The fourth-order valence-electron chi connectivity index (χ4n) is 1.97. The van der Waals surface area contributed by atoms with Crippen molar-refractivity contribution in [1.29, 1.82) is 0 Å². The zero-order chi connectivity index (χ0) is 15.4. The summed E-state index contributed by atoms with van der Waals surface area (Å²) < 4.78 is 28.7. The second-order valence-electron chi connectivity index (χ2n) is 4.71. The molecule has 0 heterocycles. The lowest BCUT2D eigenvalue weighted by Gasteiger charge is -2.18. The number of thioether (sulfide) groups is 1. The standard InChI is InChI=1S/C16H16BrF2NS/c1-10-3-8-13(16(19)15(10)18)14(20-2)9-21-12-6-4-11(17)5-7-12/h3-8,14,20H,9H2,1-2H3. The van der Waals surface area contributed by atoms with Gasteiger partial charge in [-0.05, 0) is 43.8 Å². The van der Waals surface area contributed by atoms with Crippen molar-refractivity contribution in [2.75, 3.05) is 12.8 Å². The Morgan fingerprint density at radius 1 is 1.10 bits per heavy atom. The van der Waals surface area contributed by atoms with Gasteiger partial charge in [-0.3, -0.25) is 0 Å². The normalized spacial score (nSPS) is 12.4. The molecule has 0 radical (unpaired) electrons. The van der Waals surface area contributed by atoms with E-state index < -0.39 is 11.6 Å². The number of aryl methyl sites for hydroxylation is 1. The number of hydrogen-bond donors (Lipinski definition) is 1. The molecule has 1 N–H and O–H groups in total. The number of hydrogen-bond acceptors (Lipinski definition) is 2. The lowest BCUT2D eigenvalue weighted by atomic mass is 10.1. The van der Waals surface area contributed by atoms with Gasteiger partial charge in [0.2, 0.25) is 0 Å². The summed E-state index contributed by atoms with van der Waals surface area (Å²) in [5.74, 6) is -0.899. The van der Waals surface area contributed by atoms with Gasteiger partial charge >= 0.3 is 0 Å². The van der Waals surface area contributed by atoms with E-state index in [4.69, 9.17) is 0 Å². The maximum atomic E-state index is 14.0. The fourth-order valence-corrected chi connectivity index (χ4v) is 3.27. The van der Waals surface area contributed by atoms with Gasteiger partial charge < -0.3 is 5.32 Å². The van der Waals surface area contributed by atoms with Crippen molar-refractivity contribution in [3.05, 3.63) is 63.6 Å². The van der Waals surface area contributed by atoms with E-state index in [1.165, 1.54) is 0 Å². The summed E-state index contributed by atoms with van der Waals surface area (Å²) >= 11 is 4.99. The Morgan fingerprint density at radius 3 is 2.38 bits per heavy atom. The van der Waals surface area contributed by atoms with Crippen LogP contribution in [0.3, 0.4) is 0 Å². The van der Waals surface area contributed by atoms with Crippen molar-refractivity contribution in [2.45, 2.75) is 17.9 Å². The Hall–Kier alpha value is -0.910. The summed E-state index contributed by atoms with van der Waals surface area (Å²) in [4.78, 5) is 1.09. The molecule has 1 nitrogen and oxygen atoms in total. The quantitative estimate of drug-likeness (QED) is 0.734. The first-order valence-electron chi connectivity index (χ1n) is 6.53. The first-order valence-corrected chi connectivity index (χ1v) is 8.31. The molecule has 1 unspecified atom stereocenters. The van der Waals surface area contributed by atoms with E-state index in [1.54, 1.807) is 37.9 Å². The monoisotopic (exact) mass is 371 g/mol.